The van der Waals surface area contributed by atoms with Crippen molar-refractivity contribution in [3.63, 3.8) is 0 Å². The zero-order valence-electron chi connectivity index (χ0n) is 15.2. The number of methoxy groups -OCH3 is 1. The third kappa shape index (κ3) is 3.78. The van der Waals surface area contributed by atoms with E-state index in [1.54, 1.807) is 22.8 Å². The number of anilines is 1. The second-order valence-corrected chi connectivity index (χ2v) is 6.25. The van der Waals surface area contributed by atoms with Gasteiger partial charge in [-0.25, -0.2) is 18.6 Å². The summed E-state index contributed by atoms with van der Waals surface area (Å²) in [4.78, 5) is 27.4. The number of imidazole rings is 1. The predicted octanol–water partition coefficient (Wildman–Crippen LogP) is 3.47. The molecule has 0 aliphatic heterocycles. The zero-order valence-corrected chi connectivity index (χ0v) is 15.2. The van der Waals surface area contributed by atoms with Gasteiger partial charge in [0.05, 0.1) is 24.7 Å². The highest BCUT2D eigenvalue weighted by atomic mass is 19.3. The van der Waals surface area contributed by atoms with Crippen molar-refractivity contribution in [2.75, 3.05) is 12.4 Å². The van der Waals surface area contributed by atoms with Crippen LogP contribution in [0.4, 0.5) is 19.5 Å². The highest BCUT2D eigenvalue weighted by Crippen LogP contribution is 2.31. The molecule has 1 aromatic heterocycles. The van der Waals surface area contributed by atoms with Crippen molar-refractivity contribution in [3.05, 3.63) is 59.2 Å². The van der Waals surface area contributed by atoms with Crippen LogP contribution in [-0.2, 0) is 17.2 Å². The van der Waals surface area contributed by atoms with Gasteiger partial charge in [0, 0.05) is 18.1 Å². The van der Waals surface area contributed by atoms with Crippen molar-refractivity contribution in [3.8, 4) is 0 Å². The van der Waals surface area contributed by atoms with E-state index in [0.717, 1.165) is 6.92 Å². The minimum Gasteiger partial charge on any atom is -0.453 e. The van der Waals surface area contributed by atoms with Crippen LogP contribution in [0, 0.1) is 0 Å². The Bertz CT molecular complexity index is 1060. The number of halogens is 2. The van der Waals surface area contributed by atoms with Crippen molar-refractivity contribution in [1.82, 2.24) is 9.55 Å². The summed E-state index contributed by atoms with van der Waals surface area (Å²) in [5, 5.41) is 2.46. The Balaban J connectivity index is 2.14. The quantitative estimate of drug-likeness (QED) is 0.699. The largest absolute Gasteiger partial charge is 0.453 e. The predicted molar refractivity (Wildman–Crippen MR) is 99.4 cm³/mol. The van der Waals surface area contributed by atoms with Gasteiger partial charge in [0.15, 0.2) is 0 Å². The summed E-state index contributed by atoms with van der Waals surface area (Å²) in [5.74, 6) is -3.57. The van der Waals surface area contributed by atoms with Crippen LogP contribution < -0.4 is 11.1 Å². The average Bonchev–Trinajstić information content (AvgIpc) is 2.97. The van der Waals surface area contributed by atoms with E-state index >= 15 is 0 Å². The van der Waals surface area contributed by atoms with E-state index in [4.69, 9.17) is 5.73 Å². The lowest BCUT2D eigenvalue weighted by Crippen LogP contribution is -2.17. The summed E-state index contributed by atoms with van der Waals surface area (Å²) >= 11 is 0. The Morgan fingerprint density at radius 2 is 1.96 bits per heavy atom. The number of hydrogen-bond donors (Lipinski definition) is 2. The number of primary amides is 1. The van der Waals surface area contributed by atoms with E-state index in [-0.39, 0.29) is 23.6 Å². The number of rotatable bonds is 5. The molecule has 146 valence electrons. The van der Waals surface area contributed by atoms with Crippen LogP contribution in [0.3, 0.4) is 0 Å². The molecule has 0 aliphatic rings. The molecule has 3 N–H and O–H groups in total. The molecule has 1 heterocycles. The number of fused-ring (bicyclic) bond motifs is 1. The van der Waals surface area contributed by atoms with Crippen molar-refractivity contribution in [2.45, 2.75) is 19.4 Å². The molecule has 2 aromatic carbocycles. The first kappa shape index (κ1) is 19.3. The molecule has 0 atom stereocenters. The second kappa shape index (κ2) is 7.26. The summed E-state index contributed by atoms with van der Waals surface area (Å²) < 4.78 is 34.2. The van der Waals surface area contributed by atoms with Crippen molar-refractivity contribution >= 4 is 29.0 Å². The minimum atomic E-state index is -3.04. The fourth-order valence-corrected chi connectivity index (χ4v) is 2.94. The van der Waals surface area contributed by atoms with Crippen LogP contribution in [0.15, 0.2) is 42.5 Å². The van der Waals surface area contributed by atoms with Gasteiger partial charge >= 0.3 is 6.09 Å². The van der Waals surface area contributed by atoms with Gasteiger partial charge in [0.25, 0.3) is 5.92 Å². The monoisotopic (exact) mass is 388 g/mol. The van der Waals surface area contributed by atoms with Gasteiger partial charge in [0.2, 0.25) is 11.9 Å². The molecule has 3 aromatic rings. The van der Waals surface area contributed by atoms with Crippen molar-refractivity contribution in [1.29, 1.82) is 0 Å². The fourth-order valence-electron chi connectivity index (χ4n) is 2.94. The molecular formula is C19H18F2N4O3. The first-order valence-corrected chi connectivity index (χ1v) is 8.32. The molecule has 0 unspecified atom stereocenters. The molecule has 0 bridgehead atoms. The Morgan fingerprint density at radius 3 is 2.61 bits per heavy atom. The van der Waals surface area contributed by atoms with E-state index in [1.807, 2.05) is 0 Å². The molecule has 0 saturated heterocycles. The maximum atomic E-state index is 14.0. The number of nitrogens with zero attached hydrogens (tertiary/aromatic N) is 2. The number of aromatic nitrogens is 2. The van der Waals surface area contributed by atoms with Crippen LogP contribution in [-0.4, -0.2) is 28.7 Å². The highest BCUT2D eigenvalue weighted by molar-refractivity contribution is 5.97. The minimum absolute atomic E-state index is 0.0192. The number of alkyl halides is 2. The Kier molecular flexibility index (Phi) is 5.00. The summed E-state index contributed by atoms with van der Waals surface area (Å²) in [6.07, 6.45) is -0.763. The summed E-state index contributed by atoms with van der Waals surface area (Å²) in [7, 11) is 1.19. The molecule has 28 heavy (non-hydrogen) atoms. The molecule has 0 aliphatic carbocycles. The lowest BCUT2D eigenvalue weighted by molar-refractivity contribution is 0.0164. The molecule has 0 radical (unpaired) electrons. The molecule has 3 rings (SSSR count). The maximum Gasteiger partial charge on any atom is 0.413 e. The van der Waals surface area contributed by atoms with Crippen molar-refractivity contribution in [2.24, 2.45) is 5.73 Å². The lowest BCUT2D eigenvalue weighted by atomic mass is 10.0. The number of amides is 2. The number of benzene rings is 2. The van der Waals surface area contributed by atoms with Crippen LogP contribution in [0.5, 0.6) is 0 Å². The zero-order chi connectivity index (χ0) is 20.5. The summed E-state index contributed by atoms with van der Waals surface area (Å²) in [5.41, 5.74) is 6.68. The average molecular weight is 388 g/mol. The SMILES string of the molecule is COC(=O)Nc1nc2cc(C(N)=O)ccc2n1Cc1ccccc1C(C)(F)F. The van der Waals surface area contributed by atoms with Gasteiger partial charge in [-0.05, 0) is 23.8 Å². The third-order valence-electron chi connectivity index (χ3n) is 4.25. The van der Waals surface area contributed by atoms with E-state index in [2.05, 4.69) is 15.0 Å². The standard InChI is InChI=1S/C19H18F2N4O3/c1-19(20,21)13-6-4-3-5-12(13)10-25-15-8-7-11(16(22)26)9-14(15)23-17(25)24-18(27)28-2/h3-9H,10H2,1-2H3,(H2,22,26)(H,23,24,27). The number of carbonyl (C=O) groups is 2. The topological polar surface area (TPSA) is 99.2 Å². The van der Waals surface area contributed by atoms with Crippen LogP contribution >= 0.6 is 0 Å². The molecule has 0 fully saturated rings. The van der Waals surface area contributed by atoms with Gasteiger partial charge in [-0.1, -0.05) is 24.3 Å². The maximum absolute atomic E-state index is 14.0. The number of hydrogen-bond acceptors (Lipinski definition) is 4. The number of nitrogens with two attached hydrogens (primary N) is 1. The number of carbonyl (C=O) groups excluding carboxylic acids is 2. The smallest absolute Gasteiger partial charge is 0.413 e. The van der Waals surface area contributed by atoms with E-state index in [9.17, 15) is 18.4 Å². The molecule has 0 saturated carbocycles. The first-order valence-electron chi connectivity index (χ1n) is 8.32. The van der Waals surface area contributed by atoms with Gasteiger partial charge in [-0.2, -0.15) is 0 Å². The Morgan fingerprint density at radius 1 is 1.25 bits per heavy atom. The summed E-state index contributed by atoms with van der Waals surface area (Å²) in [6.45, 7) is 0.843. The molecular weight excluding hydrogens is 370 g/mol. The second-order valence-electron chi connectivity index (χ2n) is 6.25. The Labute approximate surface area is 159 Å². The van der Waals surface area contributed by atoms with Gasteiger partial charge in [-0.15, -0.1) is 0 Å². The molecule has 9 heteroatoms. The summed E-state index contributed by atoms with van der Waals surface area (Å²) in [6, 6.07) is 10.7. The fraction of sp³-hybridized carbons (Fsp3) is 0.211. The van der Waals surface area contributed by atoms with Gasteiger partial charge in [0.1, 0.15) is 0 Å². The van der Waals surface area contributed by atoms with E-state index in [0.29, 0.717) is 16.6 Å². The Hall–Kier alpha value is -3.49. The van der Waals surface area contributed by atoms with E-state index in [1.165, 1.54) is 31.4 Å². The lowest BCUT2D eigenvalue weighted by Gasteiger charge is -2.17. The van der Waals surface area contributed by atoms with Crippen LogP contribution in [0.1, 0.15) is 28.4 Å². The van der Waals surface area contributed by atoms with Gasteiger partial charge < -0.3 is 15.0 Å². The normalized spacial score (nSPS) is 11.4. The van der Waals surface area contributed by atoms with Crippen LogP contribution in [0.25, 0.3) is 11.0 Å². The third-order valence-corrected chi connectivity index (χ3v) is 4.25. The van der Waals surface area contributed by atoms with E-state index < -0.39 is 17.9 Å². The highest BCUT2D eigenvalue weighted by Gasteiger charge is 2.27. The molecule has 0 spiro atoms. The molecule has 7 nitrogen and oxygen atoms in total. The molecule has 2 amide bonds. The van der Waals surface area contributed by atoms with Crippen LogP contribution in [0.2, 0.25) is 0 Å². The van der Waals surface area contributed by atoms with Crippen molar-refractivity contribution < 1.29 is 23.1 Å². The van der Waals surface area contributed by atoms with Gasteiger partial charge in [-0.3, -0.25) is 10.1 Å². The first-order chi connectivity index (χ1) is 13.2. The number of ether oxygens (including phenoxy) is 1. The number of nitrogens with one attached hydrogen (secondary N) is 1.